The molecule has 2 rings (SSSR count). The predicted octanol–water partition coefficient (Wildman–Crippen LogP) is 2.06. The van der Waals surface area contributed by atoms with E-state index in [9.17, 15) is 14.0 Å². The number of likely N-dealkylation sites (tertiary alicyclic amines) is 1. The van der Waals surface area contributed by atoms with Crippen LogP contribution in [0.3, 0.4) is 0 Å². The van der Waals surface area contributed by atoms with Crippen LogP contribution in [0, 0.1) is 5.82 Å². The molecule has 0 N–H and O–H groups in total. The molecule has 2 amide bonds. The molecule has 0 bridgehead atoms. The molecule has 0 spiro atoms. The fraction of sp³-hybridized carbons (Fsp3) is 0.273. The third-order valence-corrected chi connectivity index (χ3v) is 3.41. The highest BCUT2D eigenvalue weighted by Gasteiger charge is 2.37. The van der Waals surface area contributed by atoms with E-state index in [0.29, 0.717) is 10.0 Å². The van der Waals surface area contributed by atoms with Gasteiger partial charge in [0.05, 0.1) is 5.92 Å². The number of imide groups is 1. The van der Waals surface area contributed by atoms with Crippen LogP contribution in [0.2, 0.25) is 0 Å². The second kappa shape index (κ2) is 3.97. The molecule has 1 saturated heterocycles. The van der Waals surface area contributed by atoms with Gasteiger partial charge >= 0.3 is 0 Å². The molecule has 0 aliphatic carbocycles. The lowest BCUT2D eigenvalue weighted by Gasteiger charge is -2.10. The van der Waals surface area contributed by atoms with Crippen molar-refractivity contribution in [2.45, 2.75) is 12.3 Å². The number of rotatable bonds is 1. The van der Waals surface area contributed by atoms with E-state index >= 15 is 0 Å². The first-order valence-corrected chi connectivity index (χ1v) is 5.55. The van der Waals surface area contributed by atoms with Gasteiger partial charge in [0.15, 0.2) is 0 Å². The number of hydrogen-bond donors (Lipinski definition) is 0. The number of nitrogens with zero attached hydrogens (tertiary/aromatic N) is 1. The lowest BCUT2D eigenvalue weighted by molar-refractivity contribution is -0.137. The topological polar surface area (TPSA) is 37.4 Å². The van der Waals surface area contributed by atoms with Crippen LogP contribution < -0.4 is 0 Å². The summed E-state index contributed by atoms with van der Waals surface area (Å²) in [6.45, 7) is 0. The van der Waals surface area contributed by atoms with Gasteiger partial charge in [-0.25, -0.2) is 4.39 Å². The van der Waals surface area contributed by atoms with E-state index in [4.69, 9.17) is 0 Å². The van der Waals surface area contributed by atoms with Crippen LogP contribution in [-0.4, -0.2) is 23.8 Å². The van der Waals surface area contributed by atoms with E-state index in [1.807, 2.05) is 0 Å². The first-order valence-electron chi connectivity index (χ1n) is 4.76. The van der Waals surface area contributed by atoms with Gasteiger partial charge < -0.3 is 0 Å². The maximum Gasteiger partial charge on any atom is 0.237 e. The molecule has 84 valence electrons. The second-order valence-corrected chi connectivity index (χ2v) is 4.57. The number of carbonyl (C=O) groups excluding carboxylic acids is 2. The highest BCUT2D eigenvalue weighted by Crippen LogP contribution is 2.33. The summed E-state index contributed by atoms with van der Waals surface area (Å²) in [5, 5.41) is 0. The molecular formula is C11H9BrFNO2. The van der Waals surface area contributed by atoms with Crippen molar-refractivity contribution in [3.05, 3.63) is 34.1 Å². The van der Waals surface area contributed by atoms with Gasteiger partial charge in [0.2, 0.25) is 11.8 Å². The molecule has 1 atom stereocenters. The molecule has 0 saturated carbocycles. The van der Waals surface area contributed by atoms with Crippen LogP contribution in [0.1, 0.15) is 17.9 Å². The summed E-state index contributed by atoms with van der Waals surface area (Å²) >= 11 is 3.20. The van der Waals surface area contributed by atoms with Gasteiger partial charge in [-0.15, -0.1) is 0 Å². The fourth-order valence-corrected chi connectivity index (χ4v) is 2.41. The zero-order valence-corrected chi connectivity index (χ0v) is 10.1. The van der Waals surface area contributed by atoms with Gasteiger partial charge in [-0.05, 0) is 17.7 Å². The van der Waals surface area contributed by atoms with Crippen molar-refractivity contribution in [3.8, 4) is 0 Å². The summed E-state index contributed by atoms with van der Waals surface area (Å²) in [4.78, 5) is 24.2. The molecule has 3 nitrogen and oxygen atoms in total. The van der Waals surface area contributed by atoms with Crippen molar-refractivity contribution in [1.29, 1.82) is 0 Å². The first-order chi connectivity index (χ1) is 7.50. The van der Waals surface area contributed by atoms with Crippen molar-refractivity contribution in [1.82, 2.24) is 4.90 Å². The predicted molar refractivity (Wildman–Crippen MR) is 59.2 cm³/mol. The quantitative estimate of drug-likeness (QED) is 0.741. The molecule has 1 aliphatic heterocycles. The Morgan fingerprint density at radius 1 is 1.44 bits per heavy atom. The van der Waals surface area contributed by atoms with E-state index in [-0.39, 0.29) is 24.1 Å². The summed E-state index contributed by atoms with van der Waals surface area (Å²) in [6, 6.07) is 4.12. The lowest BCUT2D eigenvalue weighted by Crippen LogP contribution is -2.25. The van der Waals surface area contributed by atoms with Gasteiger partial charge in [0.25, 0.3) is 0 Å². The molecule has 1 heterocycles. The second-order valence-electron chi connectivity index (χ2n) is 3.71. The molecule has 1 unspecified atom stereocenters. The first kappa shape index (κ1) is 11.3. The summed E-state index contributed by atoms with van der Waals surface area (Å²) in [5.41, 5.74) is 0.657. The minimum atomic E-state index is -0.493. The Balaban J connectivity index is 2.39. The Kier molecular flexibility index (Phi) is 2.80. The number of halogens is 2. The van der Waals surface area contributed by atoms with Gasteiger partial charge in [0, 0.05) is 17.9 Å². The normalized spacial score (nSPS) is 20.7. The van der Waals surface area contributed by atoms with Crippen LogP contribution in [0.4, 0.5) is 4.39 Å². The maximum atomic E-state index is 12.9. The lowest BCUT2D eigenvalue weighted by atomic mass is 9.98. The highest BCUT2D eigenvalue weighted by atomic mass is 79.9. The number of carbonyl (C=O) groups is 2. The minimum absolute atomic E-state index is 0.152. The standard InChI is InChI=1S/C11H9BrFNO2/c1-14-10(15)5-8(11(14)16)7-3-2-6(13)4-9(7)12/h2-4,8H,5H2,1H3. The van der Waals surface area contributed by atoms with Gasteiger partial charge in [0.1, 0.15) is 5.82 Å². The van der Waals surface area contributed by atoms with Crippen molar-refractivity contribution in [2.75, 3.05) is 7.05 Å². The highest BCUT2D eigenvalue weighted by molar-refractivity contribution is 9.10. The van der Waals surface area contributed by atoms with Crippen molar-refractivity contribution in [3.63, 3.8) is 0 Å². The monoisotopic (exact) mass is 285 g/mol. The van der Waals surface area contributed by atoms with Gasteiger partial charge in [-0.3, -0.25) is 14.5 Å². The average molecular weight is 286 g/mol. The fourth-order valence-electron chi connectivity index (χ4n) is 1.78. The summed E-state index contributed by atoms with van der Waals surface area (Å²) < 4.78 is 13.4. The van der Waals surface area contributed by atoms with Gasteiger partial charge in [-0.1, -0.05) is 22.0 Å². The minimum Gasteiger partial charge on any atom is -0.285 e. The molecule has 0 radical (unpaired) electrons. The van der Waals surface area contributed by atoms with E-state index in [1.54, 1.807) is 0 Å². The smallest absolute Gasteiger partial charge is 0.237 e. The molecular weight excluding hydrogens is 277 g/mol. The molecule has 1 aliphatic rings. The SMILES string of the molecule is CN1C(=O)CC(c2ccc(F)cc2Br)C1=O. The summed E-state index contributed by atoms with van der Waals surface area (Å²) in [7, 11) is 1.46. The Labute approximate surface area is 100 Å². The van der Waals surface area contributed by atoms with Crippen LogP contribution in [-0.2, 0) is 9.59 Å². The van der Waals surface area contributed by atoms with Crippen LogP contribution >= 0.6 is 15.9 Å². The Hall–Kier alpha value is -1.23. The summed E-state index contributed by atoms with van der Waals surface area (Å²) in [6.07, 6.45) is 0.152. The maximum absolute atomic E-state index is 12.9. The van der Waals surface area contributed by atoms with Crippen molar-refractivity contribution >= 4 is 27.7 Å². The number of hydrogen-bond acceptors (Lipinski definition) is 2. The molecule has 0 aromatic heterocycles. The Morgan fingerprint density at radius 2 is 2.12 bits per heavy atom. The average Bonchev–Trinajstić information content (AvgIpc) is 2.46. The number of amides is 2. The molecule has 16 heavy (non-hydrogen) atoms. The van der Waals surface area contributed by atoms with Crippen LogP contribution in [0.15, 0.2) is 22.7 Å². The third kappa shape index (κ3) is 1.75. The zero-order chi connectivity index (χ0) is 11.9. The Bertz CT molecular complexity index is 475. The Morgan fingerprint density at radius 3 is 2.62 bits per heavy atom. The molecule has 5 heteroatoms. The number of likely N-dealkylation sites (N-methyl/N-ethyl adjacent to an activating group) is 1. The van der Waals surface area contributed by atoms with E-state index in [0.717, 1.165) is 4.90 Å². The molecule has 1 fully saturated rings. The zero-order valence-electron chi connectivity index (χ0n) is 8.54. The van der Waals surface area contributed by atoms with Crippen molar-refractivity contribution < 1.29 is 14.0 Å². The molecule has 1 aromatic carbocycles. The number of benzene rings is 1. The largest absolute Gasteiger partial charge is 0.285 e. The third-order valence-electron chi connectivity index (χ3n) is 2.72. The van der Waals surface area contributed by atoms with Crippen LogP contribution in [0.5, 0.6) is 0 Å². The molecule has 1 aromatic rings. The van der Waals surface area contributed by atoms with Crippen LogP contribution in [0.25, 0.3) is 0 Å². The van der Waals surface area contributed by atoms with E-state index < -0.39 is 5.92 Å². The van der Waals surface area contributed by atoms with E-state index in [2.05, 4.69) is 15.9 Å². The van der Waals surface area contributed by atoms with E-state index in [1.165, 1.54) is 25.2 Å². The summed E-state index contributed by atoms with van der Waals surface area (Å²) in [5.74, 6) is -1.31. The van der Waals surface area contributed by atoms with Gasteiger partial charge in [-0.2, -0.15) is 0 Å². The van der Waals surface area contributed by atoms with Crippen molar-refractivity contribution in [2.24, 2.45) is 0 Å².